The number of aliphatic hydroxyl groups excluding tert-OH is 1. The van der Waals surface area contributed by atoms with E-state index in [0.29, 0.717) is 4.47 Å². The van der Waals surface area contributed by atoms with Crippen molar-refractivity contribution < 1.29 is 18.6 Å². The predicted molar refractivity (Wildman–Crippen MR) is 71.2 cm³/mol. The average Bonchev–Trinajstić information content (AvgIpc) is 2.35. The number of hydrogen-bond donors (Lipinski definition) is 1. The third-order valence-electron chi connectivity index (χ3n) is 2.55. The molecule has 0 aliphatic carbocycles. The zero-order valence-corrected chi connectivity index (χ0v) is 11.6. The molecule has 0 saturated heterocycles. The zero-order chi connectivity index (χ0) is 14.0. The molecule has 1 N–H and O–H groups in total. The minimum atomic E-state index is -0.916. The molecular formula is C14H11BrF2O2. The van der Waals surface area contributed by atoms with Gasteiger partial charge >= 0.3 is 0 Å². The Morgan fingerprint density at radius 1 is 1.16 bits per heavy atom. The van der Waals surface area contributed by atoms with E-state index >= 15 is 0 Å². The van der Waals surface area contributed by atoms with Crippen LogP contribution in [0, 0.1) is 11.6 Å². The molecule has 100 valence electrons. The van der Waals surface area contributed by atoms with Crippen LogP contribution in [-0.4, -0.2) is 5.11 Å². The van der Waals surface area contributed by atoms with Gasteiger partial charge in [0.15, 0.2) is 23.1 Å². The summed E-state index contributed by atoms with van der Waals surface area (Å²) in [5, 5.41) is 9.58. The molecule has 2 nitrogen and oxygen atoms in total. The maximum atomic E-state index is 13.8. The Morgan fingerprint density at radius 3 is 2.58 bits per heavy atom. The molecule has 0 aliphatic rings. The van der Waals surface area contributed by atoms with Crippen LogP contribution in [0.5, 0.6) is 11.5 Å². The van der Waals surface area contributed by atoms with Gasteiger partial charge in [0.2, 0.25) is 0 Å². The molecule has 2 aromatic carbocycles. The highest BCUT2D eigenvalue weighted by atomic mass is 79.9. The first-order chi connectivity index (χ1) is 8.99. The van der Waals surface area contributed by atoms with Gasteiger partial charge in [0, 0.05) is 10.0 Å². The van der Waals surface area contributed by atoms with Gasteiger partial charge in [0.05, 0.1) is 6.10 Å². The van der Waals surface area contributed by atoms with E-state index in [2.05, 4.69) is 15.9 Å². The maximum Gasteiger partial charge on any atom is 0.168 e. The van der Waals surface area contributed by atoms with E-state index in [0.717, 1.165) is 0 Å². The Hall–Kier alpha value is -1.46. The quantitative estimate of drug-likeness (QED) is 0.894. The van der Waals surface area contributed by atoms with Gasteiger partial charge in [0.1, 0.15) is 0 Å². The van der Waals surface area contributed by atoms with Gasteiger partial charge in [-0.05, 0) is 31.2 Å². The van der Waals surface area contributed by atoms with Crippen molar-refractivity contribution in [3.05, 3.63) is 58.1 Å². The molecule has 2 rings (SSSR count). The van der Waals surface area contributed by atoms with Crippen LogP contribution in [0.2, 0.25) is 0 Å². The Kier molecular flexibility index (Phi) is 4.17. The number of benzene rings is 2. The highest BCUT2D eigenvalue weighted by molar-refractivity contribution is 9.10. The van der Waals surface area contributed by atoms with Crippen molar-refractivity contribution >= 4 is 15.9 Å². The van der Waals surface area contributed by atoms with Crippen LogP contribution in [0.3, 0.4) is 0 Å². The van der Waals surface area contributed by atoms with Crippen molar-refractivity contribution in [3.63, 3.8) is 0 Å². The summed E-state index contributed by atoms with van der Waals surface area (Å²) < 4.78 is 33.2. The highest BCUT2D eigenvalue weighted by Gasteiger charge is 2.16. The van der Waals surface area contributed by atoms with Gasteiger partial charge < -0.3 is 9.84 Å². The lowest BCUT2D eigenvalue weighted by Gasteiger charge is -2.14. The maximum absolute atomic E-state index is 13.8. The van der Waals surface area contributed by atoms with Gasteiger partial charge in [-0.3, -0.25) is 0 Å². The summed E-state index contributed by atoms with van der Waals surface area (Å²) in [6.07, 6.45) is -0.916. The van der Waals surface area contributed by atoms with Crippen molar-refractivity contribution in [3.8, 4) is 11.5 Å². The van der Waals surface area contributed by atoms with Crippen molar-refractivity contribution in [2.45, 2.75) is 13.0 Å². The smallest absolute Gasteiger partial charge is 0.168 e. The van der Waals surface area contributed by atoms with Crippen LogP contribution in [0.25, 0.3) is 0 Å². The van der Waals surface area contributed by atoms with E-state index in [1.165, 1.54) is 43.3 Å². The summed E-state index contributed by atoms with van der Waals surface area (Å²) in [6.45, 7) is 1.49. The minimum Gasteiger partial charge on any atom is -0.451 e. The molecule has 0 fully saturated rings. The van der Waals surface area contributed by atoms with Crippen LogP contribution in [0.4, 0.5) is 8.78 Å². The van der Waals surface area contributed by atoms with Gasteiger partial charge in [0.25, 0.3) is 0 Å². The largest absolute Gasteiger partial charge is 0.451 e. The fourth-order valence-electron chi connectivity index (χ4n) is 1.63. The topological polar surface area (TPSA) is 29.5 Å². The molecule has 0 bridgehead atoms. The molecule has 19 heavy (non-hydrogen) atoms. The van der Waals surface area contributed by atoms with E-state index in [1.54, 1.807) is 0 Å². The van der Waals surface area contributed by atoms with E-state index in [9.17, 15) is 13.9 Å². The molecule has 0 heterocycles. The zero-order valence-electron chi connectivity index (χ0n) is 10.0. The summed E-state index contributed by atoms with van der Waals surface area (Å²) >= 11 is 3.19. The lowest BCUT2D eigenvalue weighted by atomic mass is 10.1. The second-order valence-electron chi connectivity index (χ2n) is 4.01. The number of para-hydroxylation sites is 1. The molecule has 0 aliphatic heterocycles. The van der Waals surface area contributed by atoms with Gasteiger partial charge in [-0.2, -0.15) is 0 Å². The lowest BCUT2D eigenvalue weighted by molar-refractivity contribution is 0.194. The highest BCUT2D eigenvalue weighted by Crippen LogP contribution is 2.34. The lowest BCUT2D eigenvalue weighted by Crippen LogP contribution is -1.99. The Labute approximate surface area is 117 Å². The predicted octanol–water partition coefficient (Wildman–Crippen LogP) is 4.57. The van der Waals surface area contributed by atoms with Gasteiger partial charge in [-0.25, -0.2) is 8.78 Å². The van der Waals surface area contributed by atoms with Gasteiger partial charge in [-0.15, -0.1) is 0 Å². The first-order valence-electron chi connectivity index (χ1n) is 5.58. The summed E-state index contributed by atoms with van der Waals surface area (Å²) in [5.41, 5.74) is 0.263. The standard InChI is InChI=1S/C14H11BrF2O2/c1-8(18)10-3-2-4-12(17)14(10)19-13-7-9(15)5-6-11(13)16/h2-8,18H,1H3/t8-/m1/s1. The Balaban J connectivity index is 2.46. The third kappa shape index (κ3) is 3.11. The SMILES string of the molecule is C[C@@H](O)c1cccc(F)c1Oc1cc(Br)ccc1F. The summed E-state index contributed by atoms with van der Waals surface area (Å²) in [6, 6.07) is 8.30. The summed E-state index contributed by atoms with van der Waals surface area (Å²) in [5.74, 6) is -1.54. The van der Waals surface area contributed by atoms with E-state index in [-0.39, 0.29) is 17.1 Å². The number of aliphatic hydroxyl groups is 1. The van der Waals surface area contributed by atoms with Crippen LogP contribution < -0.4 is 4.74 Å². The third-order valence-corrected chi connectivity index (χ3v) is 3.05. The fraction of sp³-hybridized carbons (Fsp3) is 0.143. The molecule has 0 radical (unpaired) electrons. The molecule has 1 atom stereocenters. The molecule has 0 saturated carbocycles. The van der Waals surface area contributed by atoms with Crippen LogP contribution >= 0.6 is 15.9 Å². The molecule has 0 aromatic heterocycles. The summed E-state index contributed by atoms with van der Waals surface area (Å²) in [7, 11) is 0. The number of ether oxygens (including phenoxy) is 1. The first kappa shape index (κ1) is 14.0. The number of hydrogen-bond acceptors (Lipinski definition) is 2. The Bertz CT molecular complexity index is 600. The van der Waals surface area contributed by atoms with Crippen LogP contribution in [-0.2, 0) is 0 Å². The molecule has 5 heteroatoms. The molecule has 0 unspecified atom stereocenters. The van der Waals surface area contributed by atoms with Gasteiger partial charge in [-0.1, -0.05) is 28.1 Å². The molecule has 0 spiro atoms. The number of halogens is 3. The molecule has 0 amide bonds. The van der Waals surface area contributed by atoms with Crippen molar-refractivity contribution in [1.82, 2.24) is 0 Å². The van der Waals surface area contributed by atoms with Crippen LogP contribution in [0.1, 0.15) is 18.6 Å². The second kappa shape index (κ2) is 5.67. The number of rotatable bonds is 3. The second-order valence-corrected chi connectivity index (χ2v) is 4.93. The Morgan fingerprint density at radius 2 is 1.89 bits per heavy atom. The van der Waals surface area contributed by atoms with E-state index < -0.39 is 17.7 Å². The van der Waals surface area contributed by atoms with Crippen molar-refractivity contribution in [2.75, 3.05) is 0 Å². The minimum absolute atomic E-state index is 0.110. The molecule has 2 aromatic rings. The first-order valence-corrected chi connectivity index (χ1v) is 6.37. The monoisotopic (exact) mass is 328 g/mol. The van der Waals surface area contributed by atoms with E-state index in [4.69, 9.17) is 4.74 Å². The summed E-state index contributed by atoms with van der Waals surface area (Å²) in [4.78, 5) is 0. The fourth-order valence-corrected chi connectivity index (χ4v) is 1.97. The average molecular weight is 329 g/mol. The van der Waals surface area contributed by atoms with Crippen LogP contribution in [0.15, 0.2) is 40.9 Å². The van der Waals surface area contributed by atoms with Crippen molar-refractivity contribution in [1.29, 1.82) is 0 Å². The van der Waals surface area contributed by atoms with Crippen molar-refractivity contribution in [2.24, 2.45) is 0 Å². The van der Waals surface area contributed by atoms with E-state index in [1.807, 2.05) is 0 Å². The molecular weight excluding hydrogens is 318 g/mol. The normalized spacial score (nSPS) is 12.3.